The summed E-state index contributed by atoms with van der Waals surface area (Å²) >= 11 is 0. The van der Waals surface area contributed by atoms with Gasteiger partial charge in [0.2, 0.25) is 0 Å². The van der Waals surface area contributed by atoms with E-state index in [1.165, 1.54) is 18.7 Å². The summed E-state index contributed by atoms with van der Waals surface area (Å²) in [6, 6.07) is 21.1. The summed E-state index contributed by atoms with van der Waals surface area (Å²) in [5, 5.41) is 3.45. The first-order chi connectivity index (χ1) is 13.4. The Morgan fingerprint density at radius 3 is 2.36 bits per heavy atom. The van der Waals surface area contributed by atoms with Crippen molar-refractivity contribution < 1.29 is 17.9 Å². The lowest BCUT2D eigenvalue weighted by atomic mass is 9.99. The van der Waals surface area contributed by atoms with Crippen molar-refractivity contribution in [2.75, 3.05) is 7.11 Å². The first-order valence-corrected chi connectivity index (χ1v) is 9.01. The zero-order chi connectivity index (χ0) is 20.1. The van der Waals surface area contributed by atoms with Gasteiger partial charge in [-0.05, 0) is 47.9 Å². The van der Waals surface area contributed by atoms with Gasteiger partial charge in [-0.1, -0.05) is 48.5 Å². The van der Waals surface area contributed by atoms with Crippen molar-refractivity contribution in [2.45, 2.75) is 25.7 Å². The van der Waals surface area contributed by atoms with Crippen LogP contribution in [0.15, 0.2) is 72.8 Å². The first kappa shape index (κ1) is 20.0. The van der Waals surface area contributed by atoms with Crippen LogP contribution in [0.2, 0.25) is 0 Å². The van der Waals surface area contributed by atoms with E-state index < -0.39 is 11.7 Å². The van der Waals surface area contributed by atoms with Crippen LogP contribution in [0.4, 0.5) is 13.2 Å². The van der Waals surface area contributed by atoms with Gasteiger partial charge in [0.25, 0.3) is 0 Å². The van der Waals surface area contributed by atoms with Crippen LogP contribution in [-0.2, 0) is 12.7 Å². The van der Waals surface area contributed by atoms with Gasteiger partial charge in [0.15, 0.2) is 0 Å². The molecule has 2 nitrogen and oxygen atoms in total. The summed E-state index contributed by atoms with van der Waals surface area (Å²) in [4.78, 5) is 0. The Balaban J connectivity index is 1.85. The van der Waals surface area contributed by atoms with Crippen LogP contribution in [0.25, 0.3) is 11.1 Å². The fourth-order valence-corrected chi connectivity index (χ4v) is 3.08. The maximum Gasteiger partial charge on any atom is 0.416 e. The number of alkyl halides is 3. The van der Waals surface area contributed by atoms with Crippen molar-refractivity contribution in [3.05, 3.63) is 89.5 Å². The summed E-state index contributed by atoms with van der Waals surface area (Å²) in [6.07, 6.45) is -4.38. The quantitative estimate of drug-likeness (QED) is 0.543. The van der Waals surface area contributed by atoms with E-state index in [1.54, 1.807) is 12.1 Å². The molecule has 3 rings (SSSR count). The molecule has 0 aliphatic rings. The summed E-state index contributed by atoms with van der Waals surface area (Å²) in [7, 11) is 1.52. The number of nitrogens with one attached hydrogen (secondary N) is 1. The third kappa shape index (κ3) is 4.73. The van der Waals surface area contributed by atoms with Crippen LogP contribution in [-0.4, -0.2) is 7.11 Å². The van der Waals surface area contributed by atoms with Gasteiger partial charge in [-0.2, -0.15) is 13.2 Å². The monoisotopic (exact) mass is 385 g/mol. The van der Waals surface area contributed by atoms with E-state index >= 15 is 0 Å². The fourth-order valence-electron chi connectivity index (χ4n) is 3.08. The molecule has 0 fully saturated rings. The lowest BCUT2D eigenvalue weighted by Gasteiger charge is -2.16. The van der Waals surface area contributed by atoms with Gasteiger partial charge in [-0.15, -0.1) is 0 Å². The molecule has 5 heteroatoms. The van der Waals surface area contributed by atoms with Crippen LogP contribution < -0.4 is 10.1 Å². The highest BCUT2D eigenvalue weighted by Gasteiger charge is 2.30. The standard InChI is InChI=1S/C23H22F3NO/c1-16(18-7-4-3-5-8-18)27-15-17-11-12-22(28-2)21(13-17)19-9-6-10-20(14-19)23(24,25)26/h3-14,16,27H,15H2,1-2H3/t16-/m1/s1. The Morgan fingerprint density at radius 2 is 1.68 bits per heavy atom. The number of halogens is 3. The summed E-state index contributed by atoms with van der Waals surface area (Å²) < 4.78 is 44.6. The molecule has 1 N–H and O–H groups in total. The second-order valence-electron chi connectivity index (χ2n) is 6.63. The molecule has 146 valence electrons. The SMILES string of the molecule is COc1ccc(CN[C@H](C)c2ccccc2)cc1-c1cccc(C(F)(F)F)c1. The zero-order valence-corrected chi connectivity index (χ0v) is 15.8. The Morgan fingerprint density at radius 1 is 0.929 bits per heavy atom. The number of hydrogen-bond donors (Lipinski definition) is 1. The molecule has 28 heavy (non-hydrogen) atoms. The first-order valence-electron chi connectivity index (χ1n) is 9.01. The van der Waals surface area contributed by atoms with Crippen molar-refractivity contribution in [3.63, 3.8) is 0 Å². The molecule has 0 saturated heterocycles. The molecule has 1 atom stereocenters. The normalized spacial score (nSPS) is 12.6. The molecule has 0 radical (unpaired) electrons. The van der Waals surface area contributed by atoms with Crippen molar-refractivity contribution in [1.29, 1.82) is 0 Å². The smallest absolute Gasteiger partial charge is 0.416 e. The largest absolute Gasteiger partial charge is 0.496 e. The third-order valence-corrected chi connectivity index (χ3v) is 4.68. The van der Waals surface area contributed by atoms with Crippen LogP contribution in [0.5, 0.6) is 5.75 Å². The van der Waals surface area contributed by atoms with E-state index in [4.69, 9.17) is 4.74 Å². The molecule has 0 heterocycles. The maximum absolute atomic E-state index is 13.1. The van der Waals surface area contributed by atoms with E-state index in [-0.39, 0.29) is 6.04 Å². The lowest BCUT2D eigenvalue weighted by Crippen LogP contribution is -2.18. The highest BCUT2D eigenvalue weighted by molar-refractivity contribution is 5.72. The van der Waals surface area contributed by atoms with E-state index in [9.17, 15) is 13.2 Å². The van der Waals surface area contributed by atoms with Gasteiger partial charge < -0.3 is 10.1 Å². The van der Waals surface area contributed by atoms with Crippen molar-refractivity contribution in [3.8, 4) is 16.9 Å². The van der Waals surface area contributed by atoms with E-state index in [0.29, 0.717) is 23.4 Å². The fraction of sp³-hybridized carbons (Fsp3) is 0.217. The average molecular weight is 385 g/mol. The van der Waals surface area contributed by atoms with Gasteiger partial charge in [0.05, 0.1) is 12.7 Å². The second-order valence-corrected chi connectivity index (χ2v) is 6.63. The predicted molar refractivity (Wildman–Crippen MR) is 105 cm³/mol. The summed E-state index contributed by atoms with van der Waals surface area (Å²) in [5.74, 6) is 0.541. The van der Waals surface area contributed by atoms with E-state index in [0.717, 1.165) is 17.7 Å². The second kappa shape index (κ2) is 8.48. The Kier molecular flexibility index (Phi) is 6.05. The maximum atomic E-state index is 13.1. The Bertz CT molecular complexity index is 923. The highest BCUT2D eigenvalue weighted by Crippen LogP contribution is 2.36. The number of methoxy groups -OCH3 is 1. The summed E-state index contributed by atoms with van der Waals surface area (Å²) in [6.45, 7) is 2.67. The molecule has 3 aromatic carbocycles. The number of rotatable bonds is 6. The molecule has 0 amide bonds. The molecule has 3 aromatic rings. The lowest BCUT2D eigenvalue weighted by molar-refractivity contribution is -0.137. The van der Waals surface area contributed by atoms with Gasteiger partial charge in [-0.3, -0.25) is 0 Å². The zero-order valence-electron chi connectivity index (χ0n) is 15.8. The van der Waals surface area contributed by atoms with E-state index in [2.05, 4.69) is 24.4 Å². The highest BCUT2D eigenvalue weighted by atomic mass is 19.4. The molecule has 0 saturated carbocycles. The average Bonchev–Trinajstić information content (AvgIpc) is 2.72. The molecule has 0 spiro atoms. The molecular formula is C23H22F3NO. The Hall–Kier alpha value is -2.79. The minimum atomic E-state index is -4.38. The molecule has 0 aromatic heterocycles. The van der Waals surface area contributed by atoms with Crippen LogP contribution in [0.1, 0.15) is 29.7 Å². The number of benzene rings is 3. The van der Waals surface area contributed by atoms with Crippen LogP contribution in [0, 0.1) is 0 Å². The predicted octanol–water partition coefficient (Wildman–Crippen LogP) is 6.23. The number of ether oxygens (including phenoxy) is 1. The Labute approximate surface area is 163 Å². The van der Waals surface area contributed by atoms with Gasteiger partial charge >= 0.3 is 6.18 Å². The van der Waals surface area contributed by atoms with Gasteiger partial charge in [-0.25, -0.2) is 0 Å². The van der Waals surface area contributed by atoms with Gasteiger partial charge in [0, 0.05) is 18.2 Å². The van der Waals surface area contributed by atoms with E-state index in [1.807, 2.05) is 30.3 Å². The van der Waals surface area contributed by atoms with Crippen molar-refractivity contribution in [2.24, 2.45) is 0 Å². The third-order valence-electron chi connectivity index (χ3n) is 4.68. The molecule has 0 unspecified atom stereocenters. The van der Waals surface area contributed by atoms with Crippen LogP contribution in [0.3, 0.4) is 0 Å². The minimum Gasteiger partial charge on any atom is -0.496 e. The van der Waals surface area contributed by atoms with Gasteiger partial charge in [0.1, 0.15) is 5.75 Å². The molecule has 0 aliphatic carbocycles. The molecule has 0 bridgehead atoms. The molecule has 0 aliphatic heterocycles. The summed E-state index contributed by atoms with van der Waals surface area (Å²) in [5.41, 5.74) is 2.59. The van der Waals surface area contributed by atoms with Crippen LogP contribution >= 0.6 is 0 Å². The minimum absolute atomic E-state index is 0.153. The van der Waals surface area contributed by atoms with Crippen molar-refractivity contribution in [1.82, 2.24) is 5.32 Å². The number of hydrogen-bond acceptors (Lipinski definition) is 2. The van der Waals surface area contributed by atoms with Crippen molar-refractivity contribution >= 4 is 0 Å². The molecular weight excluding hydrogens is 363 g/mol. The topological polar surface area (TPSA) is 21.3 Å².